The van der Waals surface area contributed by atoms with Crippen molar-refractivity contribution in [1.82, 2.24) is 10.2 Å². The molecule has 16 heavy (non-hydrogen) atoms. The van der Waals surface area contributed by atoms with Crippen molar-refractivity contribution in [2.24, 2.45) is 5.92 Å². The van der Waals surface area contributed by atoms with Gasteiger partial charge in [0.2, 0.25) is 0 Å². The number of ether oxygens (including phenoxy) is 1. The van der Waals surface area contributed by atoms with Crippen molar-refractivity contribution >= 4 is 0 Å². The van der Waals surface area contributed by atoms with Crippen molar-refractivity contribution in [3.8, 4) is 0 Å². The maximum absolute atomic E-state index is 5.10. The molecule has 1 N–H and O–H groups in total. The van der Waals surface area contributed by atoms with Crippen molar-refractivity contribution < 1.29 is 4.74 Å². The summed E-state index contributed by atoms with van der Waals surface area (Å²) in [5, 5.41) is 3.48. The van der Waals surface area contributed by atoms with E-state index >= 15 is 0 Å². The third-order valence-electron chi connectivity index (χ3n) is 2.64. The summed E-state index contributed by atoms with van der Waals surface area (Å²) < 4.78 is 5.10. The molecular formula is C13H30N2O. The Labute approximate surface area is 102 Å². The lowest BCUT2D eigenvalue weighted by Crippen LogP contribution is -2.41. The second kappa shape index (κ2) is 8.97. The van der Waals surface area contributed by atoms with Crippen molar-refractivity contribution in [2.75, 3.05) is 33.4 Å². The summed E-state index contributed by atoms with van der Waals surface area (Å²) in [5.74, 6) is 0.735. The summed E-state index contributed by atoms with van der Waals surface area (Å²) in [6, 6.07) is 1.07. The van der Waals surface area contributed by atoms with Gasteiger partial charge in [-0.15, -0.1) is 0 Å². The summed E-state index contributed by atoms with van der Waals surface area (Å²) in [4.78, 5) is 2.52. The molecule has 0 aromatic carbocycles. The van der Waals surface area contributed by atoms with Crippen LogP contribution in [0.3, 0.4) is 0 Å². The van der Waals surface area contributed by atoms with Crippen molar-refractivity contribution in [2.45, 2.75) is 46.7 Å². The molecule has 0 radical (unpaired) electrons. The Hall–Kier alpha value is -0.120. The average molecular weight is 230 g/mol. The van der Waals surface area contributed by atoms with Crippen LogP contribution in [0.15, 0.2) is 0 Å². The molecule has 0 saturated carbocycles. The molecule has 0 saturated heterocycles. The van der Waals surface area contributed by atoms with Gasteiger partial charge in [0.15, 0.2) is 0 Å². The molecule has 98 valence electrons. The minimum absolute atomic E-state index is 0.443. The first kappa shape index (κ1) is 15.9. The molecule has 0 aliphatic rings. The molecule has 0 heterocycles. The molecule has 3 heteroatoms. The van der Waals surface area contributed by atoms with E-state index in [1.807, 2.05) is 0 Å². The topological polar surface area (TPSA) is 24.5 Å². The van der Waals surface area contributed by atoms with Crippen LogP contribution < -0.4 is 5.32 Å². The van der Waals surface area contributed by atoms with E-state index in [1.165, 1.54) is 6.54 Å². The highest BCUT2D eigenvalue weighted by Gasteiger charge is 2.11. The molecule has 0 aromatic rings. The van der Waals surface area contributed by atoms with Crippen LogP contribution in [0.2, 0.25) is 0 Å². The van der Waals surface area contributed by atoms with Gasteiger partial charge in [0, 0.05) is 38.8 Å². The van der Waals surface area contributed by atoms with Gasteiger partial charge in [0.05, 0.1) is 6.61 Å². The van der Waals surface area contributed by atoms with Gasteiger partial charge in [0.1, 0.15) is 0 Å². The fourth-order valence-electron chi connectivity index (χ4n) is 1.79. The fourth-order valence-corrected chi connectivity index (χ4v) is 1.79. The van der Waals surface area contributed by atoms with Gasteiger partial charge in [-0.3, -0.25) is 4.90 Å². The van der Waals surface area contributed by atoms with E-state index in [1.54, 1.807) is 7.11 Å². The van der Waals surface area contributed by atoms with Gasteiger partial charge < -0.3 is 10.1 Å². The van der Waals surface area contributed by atoms with E-state index in [2.05, 4.69) is 44.8 Å². The van der Waals surface area contributed by atoms with Gasteiger partial charge in [-0.2, -0.15) is 0 Å². The van der Waals surface area contributed by atoms with E-state index in [0.717, 1.165) is 25.6 Å². The number of methoxy groups -OCH3 is 1. The summed E-state index contributed by atoms with van der Waals surface area (Å²) in [5.41, 5.74) is 0. The van der Waals surface area contributed by atoms with Gasteiger partial charge in [0.25, 0.3) is 0 Å². The number of nitrogens with one attached hydrogen (secondary N) is 1. The zero-order chi connectivity index (χ0) is 12.6. The minimum atomic E-state index is 0.443. The molecule has 0 rings (SSSR count). The number of nitrogens with zero attached hydrogens (tertiary/aromatic N) is 1. The Morgan fingerprint density at radius 3 is 2.19 bits per heavy atom. The third-order valence-corrected chi connectivity index (χ3v) is 2.64. The molecular weight excluding hydrogens is 200 g/mol. The van der Waals surface area contributed by atoms with E-state index < -0.39 is 0 Å². The Morgan fingerprint density at radius 1 is 1.12 bits per heavy atom. The highest BCUT2D eigenvalue weighted by molar-refractivity contribution is 4.67. The second-order valence-corrected chi connectivity index (χ2v) is 5.29. The van der Waals surface area contributed by atoms with Gasteiger partial charge in [-0.05, 0) is 26.7 Å². The second-order valence-electron chi connectivity index (χ2n) is 5.29. The smallest absolute Gasteiger partial charge is 0.0613 e. The first-order valence-electron chi connectivity index (χ1n) is 6.43. The highest BCUT2D eigenvalue weighted by Crippen LogP contribution is 2.03. The Morgan fingerprint density at radius 2 is 1.75 bits per heavy atom. The summed E-state index contributed by atoms with van der Waals surface area (Å²) in [7, 11) is 1.75. The van der Waals surface area contributed by atoms with Crippen LogP contribution >= 0.6 is 0 Å². The lowest BCUT2D eigenvalue weighted by Gasteiger charge is -2.28. The molecule has 0 amide bonds. The van der Waals surface area contributed by atoms with E-state index in [-0.39, 0.29) is 0 Å². The maximum atomic E-state index is 5.10. The van der Waals surface area contributed by atoms with Crippen molar-refractivity contribution in [3.63, 3.8) is 0 Å². The molecule has 0 fully saturated rings. The maximum Gasteiger partial charge on any atom is 0.0613 e. The molecule has 0 bridgehead atoms. The van der Waals surface area contributed by atoms with Crippen LogP contribution in [-0.2, 0) is 4.74 Å². The first-order valence-corrected chi connectivity index (χ1v) is 6.43. The fraction of sp³-hybridized carbons (Fsp3) is 1.00. The standard InChI is InChI=1S/C13H30N2O/c1-11(2)9-15(12(3)4)8-7-14-13(5)10-16-6/h11-14H,7-10H2,1-6H3. The van der Waals surface area contributed by atoms with Crippen LogP contribution in [0.1, 0.15) is 34.6 Å². The number of hydrogen-bond donors (Lipinski definition) is 1. The molecule has 0 spiro atoms. The van der Waals surface area contributed by atoms with Crippen LogP contribution in [0.5, 0.6) is 0 Å². The molecule has 0 aliphatic carbocycles. The summed E-state index contributed by atoms with van der Waals surface area (Å²) >= 11 is 0. The third kappa shape index (κ3) is 8.08. The summed E-state index contributed by atoms with van der Waals surface area (Å²) in [6.45, 7) is 15.4. The Bertz CT molecular complexity index is 160. The lowest BCUT2D eigenvalue weighted by molar-refractivity contribution is 0.162. The van der Waals surface area contributed by atoms with Crippen LogP contribution in [0.25, 0.3) is 0 Å². The van der Waals surface area contributed by atoms with Gasteiger partial charge in [-0.1, -0.05) is 13.8 Å². The largest absolute Gasteiger partial charge is 0.383 e. The van der Waals surface area contributed by atoms with E-state index in [4.69, 9.17) is 4.74 Å². The molecule has 0 aliphatic heterocycles. The number of hydrogen-bond acceptors (Lipinski definition) is 3. The van der Waals surface area contributed by atoms with Crippen molar-refractivity contribution in [3.05, 3.63) is 0 Å². The Kier molecular flexibility index (Phi) is 8.90. The van der Waals surface area contributed by atoms with E-state index in [9.17, 15) is 0 Å². The molecule has 0 aromatic heterocycles. The van der Waals surface area contributed by atoms with Crippen LogP contribution in [0, 0.1) is 5.92 Å². The predicted molar refractivity (Wildman–Crippen MR) is 70.9 cm³/mol. The quantitative estimate of drug-likeness (QED) is 0.655. The van der Waals surface area contributed by atoms with Crippen molar-refractivity contribution in [1.29, 1.82) is 0 Å². The molecule has 3 nitrogen and oxygen atoms in total. The predicted octanol–water partition coefficient (Wildman–Crippen LogP) is 1.98. The minimum Gasteiger partial charge on any atom is -0.383 e. The Balaban J connectivity index is 3.76. The first-order chi connectivity index (χ1) is 7.47. The number of rotatable bonds is 9. The average Bonchev–Trinajstić information content (AvgIpc) is 2.15. The zero-order valence-corrected chi connectivity index (χ0v) is 11.9. The monoisotopic (exact) mass is 230 g/mol. The van der Waals surface area contributed by atoms with Crippen LogP contribution in [0.4, 0.5) is 0 Å². The summed E-state index contributed by atoms with van der Waals surface area (Å²) in [6.07, 6.45) is 0. The van der Waals surface area contributed by atoms with Gasteiger partial charge in [-0.25, -0.2) is 0 Å². The molecule has 1 atom stereocenters. The SMILES string of the molecule is COCC(C)NCCN(CC(C)C)C(C)C. The zero-order valence-electron chi connectivity index (χ0n) is 11.9. The lowest BCUT2D eigenvalue weighted by atomic mass is 10.2. The van der Waals surface area contributed by atoms with Gasteiger partial charge >= 0.3 is 0 Å². The highest BCUT2D eigenvalue weighted by atomic mass is 16.5. The normalized spacial score (nSPS) is 14.1. The molecule has 1 unspecified atom stereocenters. The van der Waals surface area contributed by atoms with Crippen LogP contribution in [-0.4, -0.2) is 50.3 Å². The van der Waals surface area contributed by atoms with E-state index in [0.29, 0.717) is 12.1 Å².